The second kappa shape index (κ2) is 7.24. The maximum atomic E-state index is 12.6. The topological polar surface area (TPSA) is 56.6 Å². The van der Waals surface area contributed by atoms with Gasteiger partial charge < -0.3 is 18.9 Å². The van der Waals surface area contributed by atoms with Crippen LogP contribution in [0.15, 0.2) is 18.7 Å². The van der Waals surface area contributed by atoms with Crippen molar-refractivity contribution in [3.05, 3.63) is 18.7 Å². The second-order valence-electron chi connectivity index (χ2n) is 6.20. The number of piperidine rings is 1. The lowest BCUT2D eigenvalue weighted by molar-refractivity contribution is -0.146. The first kappa shape index (κ1) is 15.5. The first-order chi connectivity index (χ1) is 10.7. The highest BCUT2D eigenvalue weighted by atomic mass is 16.5. The molecule has 2 saturated heterocycles. The first-order valence-electron chi connectivity index (χ1n) is 8.23. The lowest BCUT2D eigenvalue weighted by atomic mass is 10.0. The number of hydrogen-bond donors (Lipinski definition) is 0. The summed E-state index contributed by atoms with van der Waals surface area (Å²) in [5.74, 6) is 0.0859. The Morgan fingerprint density at radius 1 is 1.45 bits per heavy atom. The monoisotopic (exact) mass is 307 g/mol. The molecule has 0 bridgehead atoms. The molecular formula is C16H25N3O3. The van der Waals surface area contributed by atoms with Gasteiger partial charge in [-0.3, -0.25) is 4.79 Å². The zero-order valence-electron chi connectivity index (χ0n) is 13.2. The van der Waals surface area contributed by atoms with Crippen LogP contribution < -0.4 is 0 Å². The Bertz CT molecular complexity index is 471. The molecule has 1 aromatic heterocycles. The van der Waals surface area contributed by atoms with Crippen LogP contribution in [0.4, 0.5) is 0 Å². The summed E-state index contributed by atoms with van der Waals surface area (Å²) >= 11 is 0. The molecule has 3 heterocycles. The van der Waals surface area contributed by atoms with E-state index in [1.165, 1.54) is 0 Å². The molecule has 22 heavy (non-hydrogen) atoms. The van der Waals surface area contributed by atoms with Gasteiger partial charge in [0.25, 0.3) is 5.91 Å². The summed E-state index contributed by atoms with van der Waals surface area (Å²) in [5.41, 5.74) is 0. The quantitative estimate of drug-likeness (QED) is 0.829. The first-order valence-corrected chi connectivity index (χ1v) is 8.23. The molecule has 2 aliphatic rings. The number of rotatable bonds is 5. The van der Waals surface area contributed by atoms with E-state index in [1.807, 2.05) is 24.3 Å². The number of carbonyl (C=O) groups is 1. The summed E-state index contributed by atoms with van der Waals surface area (Å²) in [6.45, 7) is 4.74. The van der Waals surface area contributed by atoms with Gasteiger partial charge in [-0.15, -0.1) is 0 Å². The Hall–Kier alpha value is -1.40. The van der Waals surface area contributed by atoms with Crippen LogP contribution in [0.1, 0.15) is 38.6 Å². The van der Waals surface area contributed by atoms with Gasteiger partial charge in [0.15, 0.2) is 0 Å². The number of carbonyl (C=O) groups excluding carboxylic acids is 1. The molecule has 0 N–H and O–H groups in total. The molecule has 0 radical (unpaired) electrons. The summed E-state index contributed by atoms with van der Waals surface area (Å²) in [7, 11) is 0. The van der Waals surface area contributed by atoms with E-state index >= 15 is 0 Å². The largest absolute Gasteiger partial charge is 0.376 e. The van der Waals surface area contributed by atoms with E-state index in [-0.39, 0.29) is 12.0 Å². The number of amides is 1. The number of likely N-dealkylation sites (tertiary alicyclic amines) is 1. The van der Waals surface area contributed by atoms with Crippen molar-refractivity contribution in [2.45, 2.75) is 50.9 Å². The van der Waals surface area contributed by atoms with Crippen molar-refractivity contribution in [1.29, 1.82) is 0 Å². The number of nitrogens with zero attached hydrogens (tertiary/aromatic N) is 3. The minimum atomic E-state index is -0.397. The molecule has 0 unspecified atom stereocenters. The van der Waals surface area contributed by atoms with Crippen molar-refractivity contribution >= 4 is 5.91 Å². The maximum absolute atomic E-state index is 12.6. The smallest absolute Gasteiger partial charge is 0.251 e. The minimum Gasteiger partial charge on any atom is -0.376 e. The molecule has 0 spiro atoms. The average molecular weight is 307 g/mol. The lowest BCUT2D eigenvalue weighted by Gasteiger charge is -2.34. The van der Waals surface area contributed by atoms with Crippen molar-refractivity contribution in [2.75, 3.05) is 26.3 Å². The van der Waals surface area contributed by atoms with Crippen LogP contribution in [0, 0.1) is 0 Å². The van der Waals surface area contributed by atoms with E-state index in [0.717, 1.165) is 45.4 Å². The molecule has 2 fully saturated rings. The van der Waals surface area contributed by atoms with Gasteiger partial charge in [-0.05, 0) is 32.6 Å². The van der Waals surface area contributed by atoms with Gasteiger partial charge >= 0.3 is 0 Å². The molecule has 0 aliphatic carbocycles. The maximum Gasteiger partial charge on any atom is 0.251 e. The van der Waals surface area contributed by atoms with E-state index in [4.69, 9.17) is 9.47 Å². The highest BCUT2D eigenvalue weighted by Gasteiger charge is 2.28. The summed E-state index contributed by atoms with van der Waals surface area (Å²) in [6.07, 6.45) is 9.59. The fourth-order valence-electron chi connectivity index (χ4n) is 3.24. The highest BCUT2D eigenvalue weighted by molar-refractivity contribution is 5.80. The third-order valence-corrected chi connectivity index (χ3v) is 4.56. The summed E-state index contributed by atoms with van der Waals surface area (Å²) < 4.78 is 13.4. The van der Waals surface area contributed by atoms with Crippen molar-refractivity contribution in [1.82, 2.24) is 14.5 Å². The number of ether oxygens (including phenoxy) is 2. The van der Waals surface area contributed by atoms with Crippen LogP contribution in [-0.2, 0) is 14.3 Å². The van der Waals surface area contributed by atoms with E-state index in [0.29, 0.717) is 12.6 Å². The highest BCUT2D eigenvalue weighted by Crippen LogP contribution is 2.22. The van der Waals surface area contributed by atoms with E-state index in [9.17, 15) is 4.79 Å². The van der Waals surface area contributed by atoms with Crippen molar-refractivity contribution in [3.63, 3.8) is 0 Å². The van der Waals surface area contributed by atoms with E-state index in [2.05, 4.69) is 9.55 Å². The van der Waals surface area contributed by atoms with E-state index < -0.39 is 6.10 Å². The van der Waals surface area contributed by atoms with Gasteiger partial charge in [0.1, 0.15) is 6.10 Å². The van der Waals surface area contributed by atoms with Crippen LogP contribution in [0.3, 0.4) is 0 Å². The Kier molecular flexibility index (Phi) is 5.10. The molecule has 1 amide bonds. The molecule has 6 heteroatoms. The van der Waals surface area contributed by atoms with Crippen LogP contribution in [0.25, 0.3) is 0 Å². The molecule has 0 aromatic carbocycles. The van der Waals surface area contributed by atoms with Gasteiger partial charge in [-0.2, -0.15) is 0 Å². The Balaban J connectivity index is 1.50. The molecule has 3 atom stereocenters. The zero-order chi connectivity index (χ0) is 15.4. The second-order valence-corrected chi connectivity index (χ2v) is 6.20. The molecule has 0 saturated carbocycles. The van der Waals surface area contributed by atoms with Crippen LogP contribution in [0.2, 0.25) is 0 Å². The van der Waals surface area contributed by atoms with Gasteiger partial charge in [0, 0.05) is 32.1 Å². The molecule has 122 valence electrons. The fourth-order valence-corrected chi connectivity index (χ4v) is 3.24. The SMILES string of the molecule is C[C@H](OC[C@H]1CCCO1)C(=O)N1CCC[C@@H](n2ccnc2)C1. The standard InChI is InChI=1S/C16H25N3O3/c1-13(22-11-15-5-3-9-21-15)16(20)18-7-2-4-14(10-18)19-8-6-17-12-19/h6,8,12-15H,2-5,7,9-11H2,1H3/t13-,14+,15+/m0/s1. The summed E-state index contributed by atoms with van der Waals surface area (Å²) in [5, 5.41) is 0. The molecule has 2 aliphatic heterocycles. The normalized spacial score (nSPS) is 27.0. The predicted molar refractivity (Wildman–Crippen MR) is 81.5 cm³/mol. The number of hydrogen-bond acceptors (Lipinski definition) is 4. The van der Waals surface area contributed by atoms with Crippen molar-refractivity contribution in [3.8, 4) is 0 Å². The van der Waals surface area contributed by atoms with Crippen molar-refractivity contribution in [2.24, 2.45) is 0 Å². The van der Waals surface area contributed by atoms with Crippen molar-refractivity contribution < 1.29 is 14.3 Å². The lowest BCUT2D eigenvalue weighted by Crippen LogP contribution is -2.45. The average Bonchev–Trinajstić information content (AvgIpc) is 3.25. The fraction of sp³-hybridized carbons (Fsp3) is 0.750. The van der Waals surface area contributed by atoms with Gasteiger partial charge in [-0.25, -0.2) is 4.98 Å². The van der Waals surface area contributed by atoms with Gasteiger partial charge in [0.05, 0.1) is 25.1 Å². The molecule has 3 rings (SSSR count). The Labute approximate surface area is 131 Å². The third-order valence-electron chi connectivity index (χ3n) is 4.56. The molecule has 6 nitrogen and oxygen atoms in total. The molecule has 1 aromatic rings. The number of aromatic nitrogens is 2. The van der Waals surface area contributed by atoms with Gasteiger partial charge in [-0.1, -0.05) is 0 Å². The predicted octanol–water partition coefficient (Wildman–Crippen LogP) is 1.63. The van der Waals surface area contributed by atoms with Crippen LogP contribution >= 0.6 is 0 Å². The van der Waals surface area contributed by atoms with Gasteiger partial charge in [0.2, 0.25) is 0 Å². The molecular weight excluding hydrogens is 282 g/mol. The van der Waals surface area contributed by atoms with Crippen LogP contribution in [-0.4, -0.2) is 58.9 Å². The van der Waals surface area contributed by atoms with E-state index in [1.54, 1.807) is 6.20 Å². The Morgan fingerprint density at radius 2 is 2.36 bits per heavy atom. The summed E-state index contributed by atoms with van der Waals surface area (Å²) in [6, 6.07) is 0.325. The zero-order valence-corrected chi connectivity index (χ0v) is 13.2. The Morgan fingerprint density at radius 3 is 3.09 bits per heavy atom. The van der Waals surface area contributed by atoms with Crippen LogP contribution in [0.5, 0.6) is 0 Å². The third kappa shape index (κ3) is 3.67. The minimum absolute atomic E-state index is 0.0859. The number of imidazole rings is 1. The summed E-state index contributed by atoms with van der Waals surface area (Å²) in [4.78, 5) is 18.6.